The van der Waals surface area contributed by atoms with E-state index in [-0.39, 0.29) is 23.7 Å². The summed E-state index contributed by atoms with van der Waals surface area (Å²) < 4.78 is 27.7. The number of ether oxygens (including phenoxy) is 1. The first kappa shape index (κ1) is 12.9. The monoisotopic (exact) mass is 235 g/mol. The summed E-state index contributed by atoms with van der Waals surface area (Å²) in [5.74, 6) is 0.295. The molecule has 15 heavy (non-hydrogen) atoms. The molecule has 0 bridgehead atoms. The van der Waals surface area contributed by atoms with Crippen LogP contribution in [0.15, 0.2) is 0 Å². The van der Waals surface area contributed by atoms with Gasteiger partial charge in [0.2, 0.25) is 0 Å². The lowest BCUT2D eigenvalue weighted by atomic mass is 10.0. The van der Waals surface area contributed by atoms with Crippen molar-refractivity contribution in [3.8, 4) is 0 Å². The third-order valence-electron chi connectivity index (χ3n) is 2.97. The lowest BCUT2D eigenvalue weighted by Gasteiger charge is -2.22. The van der Waals surface area contributed by atoms with E-state index in [1.54, 1.807) is 6.92 Å². The zero-order valence-corrected chi connectivity index (χ0v) is 10.2. The molecular weight excluding hydrogens is 214 g/mol. The maximum absolute atomic E-state index is 11.2. The van der Waals surface area contributed by atoms with Crippen LogP contribution in [0.25, 0.3) is 0 Å². The highest BCUT2D eigenvalue weighted by Gasteiger charge is 2.29. The molecule has 0 aliphatic heterocycles. The molecule has 0 heterocycles. The van der Waals surface area contributed by atoms with Gasteiger partial charge in [-0.25, -0.2) is 8.42 Å². The molecule has 0 atom stereocenters. The maximum Gasteiger partial charge on any atom is 0.152 e. The largest absolute Gasteiger partial charge is 0.378 e. The van der Waals surface area contributed by atoms with Gasteiger partial charge < -0.3 is 10.5 Å². The van der Waals surface area contributed by atoms with E-state index < -0.39 is 9.84 Å². The van der Waals surface area contributed by atoms with E-state index >= 15 is 0 Å². The first-order valence-electron chi connectivity index (χ1n) is 5.54. The van der Waals surface area contributed by atoms with Crippen molar-refractivity contribution < 1.29 is 13.2 Å². The van der Waals surface area contributed by atoms with E-state index in [1.165, 1.54) is 0 Å². The minimum absolute atomic E-state index is 0.111. The smallest absolute Gasteiger partial charge is 0.152 e. The Morgan fingerprint density at radius 1 is 1.33 bits per heavy atom. The predicted molar refractivity (Wildman–Crippen MR) is 60.5 cm³/mol. The van der Waals surface area contributed by atoms with Crippen LogP contribution in [0.4, 0.5) is 0 Å². The van der Waals surface area contributed by atoms with Crippen LogP contribution in [-0.4, -0.2) is 38.7 Å². The minimum atomic E-state index is -2.90. The Morgan fingerprint density at radius 2 is 1.93 bits per heavy atom. The Morgan fingerprint density at radius 3 is 2.47 bits per heavy atom. The van der Waals surface area contributed by atoms with Crippen LogP contribution >= 0.6 is 0 Å². The third kappa shape index (κ3) is 4.49. The Kier molecular flexibility index (Phi) is 4.55. The van der Waals surface area contributed by atoms with Crippen molar-refractivity contribution >= 4 is 9.84 Å². The van der Waals surface area contributed by atoms with E-state index in [1.807, 2.05) is 0 Å². The van der Waals surface area contributed by atoms with E-state index in [2.05, 4.69) is 0 Å². The van der Waals surface area contributed by atoms with Gasteiger partial charge in [0, 0.05) is 11.3 Å². The highest BCUT2D eigenvalue weighted by atomic mass is 32.2. The second kappa shape index (κ2) is 5.27. The molecule has 0 spiro atoms. The van der Waals surface area contributed by atoms with Gasteiger partial charge in [0.15, 0.2) is 9.84 Å². The molecule has 0 saturated heterocycles. The highest BCUT2D eigenvalue weighted by molar-refractivity contribution is 7.91. The molecule has 90 valence electrons. The molecule has 1 saturated carbocycles. The van der Waals surface area contributed by atoms with Gasteiger partial charge in [0.25, 0.3) is 0 Å². The Labute approximate surface area is 92.1 Å². The summed E-state index contributed by atoms with van der Waals surface area (Å²) in [5, 5.41) is 0. The molecule has 0 aromatic heterocycles. The first-order chi connectivity index (χ1) is 6.97. The molecule has 1 aliphatic rings. The van der Waals surface area contributed by atoms with Crippen molar-refractivity contribution in [1.82, 2.24) is 0 Å². The highest BCUT2D eigenvalue weighted by Crippen LogP contribution is 2.27. The van der Waals surface area contributed by atoms with E-state index in [9.17, 15) is 8.42 Å². The molecule has 4 nitrogen and oxygen atoms in total. The number of hydrogen-bond acceptors (Lipinski definition) is 4. The van der Waals surface area contributed by atoms with Gasteiger partial charge in [-0.05, 0) is 12.8 Å². The molecule has 0 amide bonds. The maximum atomic E-state index is 11.2. The molecule has 2 N–H and O–H groups in total. The fourth-order valence-corrected chi connectivity index (χ4v) is 2.49. The summed E-state index contributed by atoms with van der Waals surface area (Å²) in [5.41, 5.74) is 5.87. The van der Waals surface area contributed by atoms with Crippen LogP contribution in [-0.2, 0) is 14.6 Å². The van der Waals surface area contributed by atoms with Crippen LogP contribution in [0.2, 0.25) is 0 Å². The lowest BCUT2D eigenvalue weighted by molar-refractivity contribution is 0.0979. The molecule has 0 aromatic carbocycles. The molecule has 1 rings (SSSR count). The summed E-state index contributed by atoms with van der Waals surface area (Å²) >= 11 is 0. The van der Waals surface area contributed by atoms with Crippen LogP contribution < -0.4 is 5.73 Å². The summed E-state index contributed by atoms with van der Waals surface area (Å²) in [7, 11) is -2.90. The molecular formula is C10H21NO3S. The molecule has 0 aromatic rings. The number of nitrogens with two attached hydrogens (primary N) is 1. The zero-order valence-electron chi connectivity index (χ0n) is 9.37. The second-order valence-electron chi connectivity index (χ2n) is 4.36. The van der Waals surface area contributed by atoms with E-state index in [0.717, 1.165) is 25.7 Å². The summed E-state index contributed by atoms with van der Waals surface area (Å²) in [6.45, 7) is 2.41. The Bertz CT molecular complexity index is 281. The van der Waals surface area contributed by atoms with Crippen molar-refractivity contribution in [2.24, 2.45) is 5.73 Å². The standard InChI is InChI=1S/C10H21NO3S/c1-2-15(12,13)8-7-14-9-10(11)5-3-4-6-10/h2-9,11H2,1H3. The van der Waals surface area contributed by atoms with Crippen LogP contribution in [0, 0.1) is 0 Å². The molecule has 0 radical (unpaired) electrons. The first-order valence-corrected chi connectivity index (χ1v) is 7.37. The van der Waals surface area contributed by atoms with Gasteiger partial charge >= 0.3 is 0 Å². The fourth-order valence-electron chi connectivity index (χ4n) is 1.83. The normalized spacial score (nSPS) is 20.7. The van der Waals surface area contributed by atoms with Crippen LogP contribution in [0.5, 0.6) is 0 Å². The van der Waals surface area contributed by atoms with E-state index in [4.69, 9.17) is 10.5 Å². The van der Waals surface area contributed by atoms with Crippen molar-refractivity contribution in [2.45, 2.75) is 38.1 Å². The zero-order chi connectivity index (χ0) is 11.4. The lowest BCUT2D eigenvalue weighted by Crippen LogP contribution is -2.41. The molecule has 5 heteroatoms. The van der Waals surface area contributed by atoms with Crippen molar-refractivity contribution in [2.75, 3.05) is 24.7 Å². The van der Waals surface area contributed by atoms with Crippen molar-refractivity contribution in [3.63, 3.8) is 0 Å². The fraction of sp³-hybridized carbons (Fsp3) is 1.00. The minimum Gasteiger partial charge on any atom is -0.378 e. The number of hydrogen-bond donors (Lipinski definition) is 1. The SMILES string of the molecule is CCS(=O)(=O)CCOCC1(N)CCCC1. The van der Waals surface area contributed by atoms with Crippen molar-refractivity contribution in [3.05, 3.63) is 0 Å². The topological polar surface area (TPSA) is 69.4 Å². The summed E-state index contributed by atoms with van der Waals surface area (Å²) in [4.78, 5) is 0. The number of rotatable bonds is 6. The number of sulfone groups is 1. The van der Waals surface area contributed by atoms with Crippen molar-refractivity contribution in [1.29, 1.82) is 0 Å². The average molecular weight is 235 g/mol. The Hall–Kier alpha value is -0.130. The Balaban J connectivity index is 2.17. The van der Waals surface area contributed by atoms with Gasteiger partial charge in [0.1, 0.15) is 0 Å². The van der Waals surface area contributed by atoms with Gasteiger partial charge in [-0.1, -0.05) is 19.8 Å². The quantitative estimate of drug-likeness (QED) is 0.688. The third-order valence-corrected chi connectivity index (χ3v) is 4.64. The van der Waals surface area contributed by atoms with Gasteiger partial charge in [0.05, 0.1) is 19.0 Å². The summed E-state index contributed by atoms with van der Waals surface area (Å²) in [6, 6.07) is 0. The predicted octanol–water partition coefficient (Wildman–Crippen LogP) is 0.709. The van der Waals surface area contributed by atoms with Crippen LogP contribution in [0.3, 0.4) is 0 Å². The molecule has 0 unspecified atom stereocenters. The van der Waals surface area contributed by atoms with Gasteiger partial charge in [-0.3, -0.25) is 0 Å². The van der Waals surface area contributed by atoms with Crippen LogP contribution in [0.1, 0.15) is 32.6 Å². The van der Waals surface area contributed by atoms with Gasteiger partial charge in [-0.2, -0.15) is 0 Å². The second-order valence-corrected chi connectivity index (χ2v) is 6.83. The molecule has 1 fully saturated rings. The van der Waals surface area contributed by atoms with E-state index in [0.29, 0.717) is 6.61 Å². The average Bonchev–Trinajstić information content (AvgIpc) is 2.61. The molecule has 1 aliphatic carbocycles. The summed E-state index contributed by atoms with van der Waals surface area (Å²) in [6.07, 6.45) is 4.31. The van der Waals surface area contributed by atoms with Gasteiger partial charge in [-0.15, -0.1) is 0 Å².